The lowest BCUT2D eigenvalue weighted by molar-refractivity contribution is -0.385. The van der Waals surface area contributed by atoms with Gasteiger partial charge in [-0.2, -0.15) is 0 Å². The van der Waals surface area contributed by atoms with Gasteiger partial charge in [0, 0.05) is 33.1 Å². The van der Waals surface area contributed by atoms with Crippen molar-refractivity contribution in [2.75, 3.05) is 54.0 Å². The summed E-state index contributed by atoms with van der Waals surface area (Å²) in [7, 11) is 0. The summed E-state index contributed by atoms with van der Waals surface area (Å²) < 4.78 is 20.2. The number of carbonyl (C=O) groups is 2. The Hall–Kier alpha value is -4.03. The Morgan fingerprint density at radius 1 is 1.24 bits per heavy atom. The maximum Gasteiger partial charge on any atom is 0.414 e. The van der Waals surface area contributed by atoms with E-state index in [0.29, 0.717) is 43.5 Å². The second-order valence-electron chi connectivity index (χ2n) is 7.66. The van der Waals surface area contributed by atoms with Gasteiger partial charge in [-0.05, 0) is 18.2 Å². The van der Waals surface area contributed by atoms with Crippen LogP contribution >= 0.6 is 0 Å². The predicted octanol–water partition coefficient (Wildman–Crippen LogP) is 1.31. The Balaban J connectivity index is 1.37. The summed E-state index contributed by atoms with van der Waals surface area (Å²) >= 11 is 0. The minimum atomic E-state index is -0.589. The molecule has 1 atom stereocenters. The number of ether oxygens (including phenoxy) is 1. The number of nitro groups is 1. The van der Waals surface area contributed by atoms with Crippen LogP contribution in [0.3, 0.4) is 0 Å². The second kappa shape index (κ2) is 9.22. The van der Waals surface area contributed by atoms with E-state index in [-0.39, 0.29) is 24.7 Å². The molecule has 0 unspecified atom stereocenters. The van der Waals surface area contributed by atoms with Crippen LogP contribution in [0, 0.1) is 15.9 Å². The smallest absolute Gasteiger partial charge is 0.414 e. The molecule has 13 heteroatoms. The van der Waals surface area contributed by atoms with Crippen LogP contribution in [0.1, 0.15) is 6.92 Å². The highest BCUT2D eigenvalue weighted by atomic mass is 19.1. The third-order valence-corrected chi connectivity index (χ3v) is 5.43. The second-order valence-corrected chi connectivity index (χ2v) is 7.66. The maximum absolute atomic E-state index is 14.9. The van der Waals surface area contributed by atoms with Crippen LogP contribution in [0.25, 0.3) is 0 Å². The van der Waals surface area contributed by atoms with Crippen LogP contribution in [-0.2, 0) is 9.53 Å². The highest BCUT2D eigenvalue weighted by Crippen LogP contribution is 2.29. The molecule has 0 radical (unpaired) electrons. The number of hydrogen-bond donors (Lipinski definition) is 1. The lowest BCUT2D eigenvalue weighted by Crippen LogP contribution is -2.47. The van der Waals surface area contributed by atoms with Gasteiger partial charge in [-0.3, -0.25) is 19.8 Å². The topological polar surface area (TPSA) is 134 Å². The Morgan fingerprint density at radius 3 is 2.52 bits per heavy atom. The van der Waals surface area contributed by atoms with E-state index in [0.717, 1.165) is 12.4 Å². The summed E-state index contributed by atoms with van der Waals surface area (Å²) in [6.07, 6.45) is 1.24. The molecule has 174 valence electrons. The molecule has 2 fully saturated rings. The highest BCUT2D eigenvalue weighted by molar-refractivity contribution is 5.90. The van der Waals surface area contributed by atoms with Gasteiger partial charge in [0.05, 0.1) is 29.4 Å². The zero-order valence-electron chi connectivity index (χ0n) is 17.8. The van der Waals surface area contributed by atoms with E-state index in [1.165, 1.54) is 17.9 Å². The van der Waals surface area contributed by atoms with Crippen molar-refractivity contribution < 1.29 is 23.6 Å². The number of anilines is 3. The molecule has 2 amide bonds. The average Bonchev–Trinajstić information content (AvgIpc) is 3.18. The SMILES string of the molecule is CC(=O)NC[C@H]1CN(c2ccc(N3CCN(c4ncc([N+](=O)[O-])cn4)CC3)c(F)c2)C(=O)O1. The number of carbonyl (C=O) groups excluding carboxylic acids is 2. The molecule has 0 saturated carbocycles. The molecule has 0 aliphatic carbocycles. The van der Waals surface area contributed by atoms with E-state index in [9.17, 15) is 24.1 Å². The van der Waals surface area contributed by atoms with E-state index in [1.54, 1.807) is 12.1 Å². The number of halogens is 1. The van der Waals surface area contributed by atoms with Crippen molar-refractivity contribution in [2.24, 2.45) is 0 Å². The van der Waals surface area contributed by atoms with Gasteiger partial charge in [0.15, 0.2) is 0 Å². The van der Waals surface area contributed by atoms with Crippen molar-refractivity contribution in [3.63, 3.8) is 0 Å². The molecule has 1 N–H and O–H groups in total. The first kappa shape index (κ1) is 22.2. The number of hydrogen-bond acceptors (Lipinski definition) is 9. The number of aromatic nitrogens is 2. The van der Waals surface area contributed by atoms with Crippen LogP contribution in [0.2, 0.25) is 0 Å². The zero-order chi connectivity index (χ0) is 23.5. The molecule has 0 bridgehead atoms. The van der Waals surface area contributed by atoms with Gasteiger partial charge in [-0.1, -0.05) is 0 Å². The number of nitrogens with zero attached hydrogens (tertiary/aromatic N) is 6. The molecule has 2 aromatic rings. The molecule has 3 heterocycles. The third kappa shape index (κ3) is 4.91. The van der Waals surface area contributed by atoms with E-state index < -0.39 is 22.9 Å². The van der Waals surface area contributed by atoms with Crippen molar-refractivity contribution >= 4 is 35.0 Å². The first-order valence-corrected chi connectivity index (χ1v) is 10.3. The molecule has 4 rings (SSSR count). The van der Waals surface area contributed by atoms with Crippen molar-refractivity contribution in [2.45, 2.75) is 13.0 Å². The van der Waals surface area contributed by atoms with Gasteiger partial charge in [-0.25, -0.2) is 19.2 Å². The summed E-state index contributed by atoms with van der Waals surface area (Å²) in [5, 5.41) is 13.3. The fourth-order valence-electron chi connectivity index (χ4n) is 3.74. The number of benzene rings is 1. The summed E-state index contributed by atoms with van der Waals surface area (Å²) in [5.74, 6) is -0.303. The summed E-state index contributed by atoms with van der Waals surface area (Å²) in [5.41, 5.74) is 0.609. The normalized spacial score (nSPS) is 18.3. The molecule has 2 aliphatic heterocycles. The van der Waals surface area contributed by atoms with E-state index >= 15 is 0 Å². The van der Waals surface area contributed by atoms with Crippen LogP contribution in [0.5, 0.6) is 0 Å². The van der Waals surface area contributed by atoms with Gasteiger partial charge >= 0.3 is 11.8 Å². The van der Waals surface area contributed by atoms with Crippen molar-refractivity contribution in [1.82, 2.24) is 15.3 Å². The molecular weight excluding hydrogens is 437 g/mol. The summed E-state index contributed by atoms with van der Waals surface area (Å²) in [6.45, 7) is 3.82. The number of cyclic esters (lactones) is 1. The van der Waals surface area contributed by atoms with E-state index in [1.807, 2.05) is 9.80 Å². The molecular formula is C20H22FN7O5. The predicted molar refractivity (Wildman–Crippen MR) is 116 cm³/mol. The lowest BCUT2D eigenvalue weighted by atomic mass is 10.2. The number of piperazine rings is 1. The van der Waals surface area contributed by atoms with Gasteiger partial charge in [0.25, 0.3) is 0 Å². The van der Waals surface area contributed by atoms with Crippen LogP contribution in [-0.4, -0.2) is 72.3 Å². The Bertz CT molecular complexity index is 1060. The highest BCUT2D eigenvalue weighted by Gasteiger charge is 2.33. The summed E-state index contributed by atoms with van der Waals surface area (Å²) in [6, 6.07) is 4.58. The number of amides is 2. The Labute approximate surface area is 188 Å². The third-order valence-electron chi connectivity index (χ3n) is 5.43. The molecule has 33 heavy (non-hydrogen) atoms. The minimum Gasteiger partial charge on any atom is -0.442 e. The van der Waals surface area contributed by atoms with Crippen molar-refractivity contribution in [1.29, 1.82) is 0 Å². The van der Waals surface area contributed by atoms with Gasteiger partial charge in [0.2, 0.25) is 11.9 Å². The Morgan fingerprint density at radius 2 is 1.91 bits per heavy atom. The van der Waals surface area contributed by atoms with Crippen LogP contribution in [0.4, 0.5) is 32.2 Å². The standard InChI is InChI=1S/C20H22FN7O5/c1-13(29)22-11-16-12-27(20(30)33-16)14-2-3-18(17(21)8-14)25-4-6-26(7-5-25)19-23-9-15(10-24-19)28(31)32/h2-3,8-10,16H,4-7,11-12H2,1H3,(H,22,29)/t16-/m0/s1. The molecule has 2 saturated heterocycles. The lowest BCUT2D eigenvalue weighted by Gasteiger charge is -2.36. The quantitative estimate of drug-likeness (QED) is 0.501. The average molecular weight is 459 g/mol. The van der Waals surface area contributed by atoms with Crippen molar-refractivity contribution in [3.05, 3.63) is 46.5 Å². The monoisotopic (exact) mass is 459 g/mol. The molecule has 2 aliphatic rings. The first-order chi connectivity index (χ1) is 15.8. The van der Waals surface area contributed by atoms with E-state index in [4.69, 9.17) is 4.74 Å². The van der Waals surface area contributed by atoms with Gasteiger partial charge in [0.1, 0.15) is 24.3 Å². The summed E-state index contributed by atoms with van der Waals surface area (Å²) in [4.78, 5) is 46.6. The van der Waals surface area contributed by atoms with Crippen molar-refractivity contribution in [3.8, 4) is 0 Å². The maximum atomic E-state index is 14.9. The van der Waals surface area contributed by atoms with Gasteiger partial charge < -0.3 is 19.9 Å². The molecule has 1 aromatic carbocycles. The zero-order valence-corrected chi connectivity index (χ0v) is 17.8. The number of rotatable bonds is 6. The number of nitrogens with one attached hydrogen (secondary N) is 1. The molecule has 1 aromatic heterocycles. The van der Waals surface area contributed by atoms with Crippen LogP contribution < -0.4 is 20.0 Å². The van der Waals surface area contributed by atoms with Gasteiger partial charge in [-0.15, -0.1) is 0 Å². The van der Waals surface area contributed by atoms with Crippen LogP contribution in [0.15, 0.2) is 30.6 Å². The molecule has 12 nitrogen and oxygen atoms in total. The largest absolute Gasteiger partial charge is 0.442 e. The van der Waals surface area contributed by atoms with E-state index in [2.05, 4.69) is 15.3 Å². The fraction of sp³-hybridized carbons (Fsp3) is 0.400. The fourth-order valence-corrected chi connectivity index (χ4v) is 3.74. The first-order valence-electron chi connectivity index (χ1n) is 10.3. The minimum absolute atomic E-state index is 0.178. The Kier molecular flexibility index (Phi) is 6.20. The molecule has 0 spiro atoms.